The summed E-state index contributed by atoms with van der Waals surface area (Å²) in [6.07, 6.45) is 2.84. The molecule has 0 bridgehead atoms. The van der Waals surface area contributed by atoms with Gasteiger partial charge in [0.2, 0.25) is 10.9 Å². The Balaban J connectivity index is 1.13. The first kappa shape index (κ1) is 34.1. The molecule has 1 N–H and O–H groups in total. The van der Waals surface area contributed by atoms with Crippen molar-refractivity contribution in [2.75, 3.05) is 31.1 Å². The van der Waals surface area contributed by atoms with Gasteiger partial charge in [-0.15, -0.1) is 0 Å². The highest BCUT2D eigenvalue weighted by molar-refractivity contribution is 7.89. The van der Waals surface area contributed by atoms with Crippen LogP contribution in [-0.2, 0) is 31.4 Å². The van der Waals surface area contributed by atoms with Gasteiger partial charge in [-0.25, -0.2) is 18.4 Å². The number of carbonyl (C=O) groups is 1. The summed E-state index contributed by atoms with van der Waals surface area (Å²) < 4.78 is 62.4. The minimum atomic E-state index is -4.28. The molecule has 1 saturated heterocycles. The van der Waals surface area contributed by atoms with Crippen LogP contribution in [0.4, 0.5) is 5.69 Å². The van der Waals surface area contributed by atoms with Crippen LogP contribution in [-0.4, -0.2) is 69.8 Å². The molecule has 1 aliphatic rings. The fourth-order valence-electron chi connectivity index (χ4n) is 6.41. The molecule has 0 radical (unpaired) electrons. The molecule has 7 rings (SSSR count). The van der Waals surface area contributed by atoms with E-state index < -0.39 is 26.2 Å². The molecule has 11 nitrogen and oxygen atoms in total. The van der Waals surface area contributed by atoms with Crippen molar-refractivity contribution >= 4 is 53.3 Å². The highest BCUT2D eigenvalue weighted by Crippen LogP contribution is 2.26. The number of fused-ring (bicyclic) bond motifs is 2. The first-order valence-electron chi connectivity index (χ1n) is 16.4. The van der Waals surface area contributed by atoms with Crippen LogP contribution in [0.25, 0.3) is 21.5 Å². The van der Waals surface area contributed by atoms with Gasteiger partial charge in [0.25, 0.3) is 10.0 Å². The molecule has 260 valence electrons. The third kappa shape index (κ3) is 7.27. The maximum atomic E-state index is 14.2. The van der Waals surface area contributed by atoms with Gasteiger partial charge in [-0.3, -0.25) is 4.79 Å². The van der Waals surface area contributed by atoms with Crippen LogP contribution >= 0.6 is 0 Å². The maximum absolute atomic E-state index is 14.2. The lowest BCUT2D eigenvalue weighted by atomic mass is 10.0. The molecule has 0 saturated carbocycles. The van der Waals surface area contributed by atoms with Crippen LogP contribution < -0.4 is 13.8 Å². The summed E-state index contributed by atoms with van der Waals surface area (Å²) in [6.45, 7) is 4.04. The van der Waals surface area contributed by atoms with E-state index in [9.17, 15) is 21.6 Å². The molecule has 1 aliphatic heterocycles. The number of rotatable bonds is 10. The third-order valence-electron chi connectivity index (χ3n) is 8.98. The fraction of sp³-hybridized carbons (Fsp3) is 0.184. The summed E-state index contributed by atoms with van der Waals surface area (Å²) in [7, 11) is -8.54. The molecule has 2 aromatic heterocycles. The maximum Gasteiger partial charge on any atom is 0.357 e. The molecular formula is C38H35N5O6S2. The van der Waals surface area contributed by atoms with E-state index in [-0.39, 0.29) is 28.1 Å². The molecule has 51 heavy (non-hydrogen) atoms. The van der Waals surface area contributed by atoms with Crippen LogP contribution in [0.1, 0.15) is 11.1 Å². The molecule has 13 heteroatoms. The number of nitrogens with zero attached hydrogens (tertiary/aromatic N) is 4. The highest BCUT2D eigenvalue weighted by atomic mass is 32.2. The van der Waals surface area contributed by atoms with Gasteiger partial charge in [0.15, 0.2) is 5.03 Å². The number of pyridine rings is 2. The fourth-order valence-corrected chi connectivity index (χ4v) is 8.84. The Morgan fingerprint density at radius 1 is 0.725 bits per heavy atom. The van der Waals surface area contributed by atoms with Gasteiger partial charge in [-0.1, -0.05) is 78.9 Å². The van der Waals surface area contributed by atoms with Crippen LogP contribution in [0.5, 0.6) is 5.75 Å². The molecule has 1 atom stereocenters. The number of amides is 1. The minimum absolute atomic E-state index is 0.00124. The van der Waals surface area contributed by atoms with Crippen molar-refractivity contribution in [2.24, 2.45) is 0 Å². The van der Waals surface area contributed by atoms with Crippen molar-refractivity contribution in [3.05, 3.63) is 133 Å². The molecule has 6 aromatic rings. The number of para-hydroxylation sites is 1. The lowest BCUT2D eigenvalue weighted by Crippen LogP contribution is -2.55. The number of nitrogens with one attached hydrogen (secondary N) is 1. The van der Waals surface area contributed by atoms with Crippen LogP contribution in [0, 0.1) is 6.92 Å². The minimum Gasteiger partial charge on any atom is -0.378 e. The second kappa shape index (κ2) is 14.1. The van der Waals surface area contributed by atoms with Crippen molar-refractivity contribution in [1.29, 1.82) is 0 Å². The number of benzene rings is 4. The van der Waals surface area contributed by atoms with Crippen LogP contribution in [0.3, 0.4) is 0 Å². The Bertz CT molecular complexity index is 2440. The SMILES string of the molecule is Cc1ccccc1N1CCN(C(=O)[C@H](Cc2ccc(OS(=O)(=O)c3nccc4ccccc34)cc2)NS(=O)(=O)c2nccc3ccccc23)CC1. The number of piperazine rings is 1. The van der Waals surface area contributed by atoms with Crippen LogP contribution in [0.2, 0.25) is 0 Å². The monoisotopic (exact) mass is 721 g/mol. The number of hydrogen-bond donors (Lipinski definition) is 1. The molecule has 0 aliphatic carbocycles. The van der Waals surface area contributed by atoms with Gasteiger partial charge in [0.05, 0.1) is 0 Å². The van der Waals surface area contributed by atoms with Crippen molar-refractivity contribution < 1.29 is 25.8 Å². The zero-order chi connectivity index (χ0) is 35.6. The molecular weight excluding hydrogens is 687 g/mol. The number of aromatic nitrogens is 2. The van der Waals surface area contributed by atoms with Gasteiger partial charge in [0, 0.05) is 55.0 Å². The molecule has 3 heterocycles. The van der Waals surface area contributed by atoms with E-state index in [2.05, 4.69) is 25.7 Å². The first-order chi connectivity index (χ1) is 24.6. The second-order valence-corrected chi connectivity index (χ2v) is 15.4. The van der Waals surface area contributed by atoms with Crippen molar-refractivity contribution in [2.45, 2.75) is 29.4 Å². The molecule has 4 aromatic carbocycles. The number of anilines is 1. The summed E-state index contributed by atoms with van der Waals surface area (Å²) in [4.78, 5) is 26.3. The van der Waals surface area contributed by atoms with Gasteiger partial charge < -0.3 is 14.0 Å². The summed E-state index contributed by atoms with van der Waals surface area (Å²) in [6, 6.07) is 30.5. The summed E-state index contributed by atoms with van der Waals surface area (Å²) in [5.74, 6) is -0.322. The van der Waals surface area contributed by atoms with E-state index in [4.69, 9.17) is 4.18 Å². The van der Waals surface area contributed by atoms with E-state index in [1.165, 1.54) is 24.5 Å². The highest BCUT2D eigenvalue weighted by Gasteiger charge is 2.33. The Kier molecular flexibility index (Phi) is 9.42. The molecule has 0 unspecified atom stereocenters. The average molecular weight is 722 g/mol. The standard InChI is InChI=1S/C38H35N5O6S2/c1-27-8-2-7-13-35(27)42-22-24-43(25-23-42)38(44)34(41-50(45,46)36-32-11-5-3-9-29(32)18-20-39-36)26-28-14-16-31(17-15-28)49-51(47,48)37-33-12-6-4-10-30(33)19-21-40-37/h2-21,34,41H,22-26H2,1H3/t34-/m0/s1. The largest absolute Gasteiger partial charge is 0.378 e. The number of aryl methyl sites for hydroxylation is 1. The lowest BCUT2D eigenvalue weighted by Gasteiger charge is -2.38. The van der Waals surface area contributed by atoms with E-state index in [1.54, 1.807) is 71.6 Å². The van der Waals surface area contributed by atoms with Crippen molar-refractivity contribution in [3.63, 3.8) is 0 Å². The average Bonchev–Trinajstić information content (AvgIpc) is 3.14. The van der Waals surface area contributed by atoms with Crippen LogP contribution in [0.15, 0.2) is 132 Å². The third-order valence-corrected chi connectivity index (χ3v) is 11.6. The predicted octanol–water partition coefficient (Wildman–Crippen LogP) is 5.10. The second-order valence-electron chi connectivity index (χ2n) is 12.3. The Morgan fingerprint density at radius 2 is 1.29 bits per heavy atom. The Hall–Kier alpha value is -5.37. The molecule has 1 fully saturated rings. The zero-order valence-electron chi connectivity index (χ0n) is 27.7. The van der Waals surface area contributed by atoms with E-state index in [0.29, 0.717) is 53.3 Å². The summed E-state index contributed by atoms with van der Waals surface area (Å²) in [5, 5.41) is 1.92. The summed E-state index contributed by atoms with van der Waals surface area (Å²) >= 11 is 0. The molecule has 0 spiro atoms. The van der Waals surface area contributed by atoms with Gasteiger partial charge in [-0.05, 0) is 65.6 Å². The van der Waals surface area contributed by atoms with E-state index in [1.807, 2.05) is 31.2 Å². The lowest BCUT2D eigenvalue weighted by molar-refractivity contribution is -0.133. The number of sulfonamides is 1. The number of hydrogen-bond acceptors (Lipinski definition) is 9. The zero-order valence-corrected chi connectivity index (χ0v) is 29.3. The molecule has 1 amide bonds. The van der Waals surface area contributed by atoms with E-state index in [0.717, 1.165) is 11.3 Å². The predicted molar refractivity (Wildman–Crippen MR) is 196 cm³/mol. The van der Waals surface area contributed by atoms with Gasteiger partial charge in [-0.2, -0.15) is 13.1 Å². The van der Waals surface area contributed by atoms with E-state index >= 15 is 0 Å². The van der Waals surface area contributed by atoms with Crippen molar-refractivity contribution in [3.8, 4) is 5.75 Å². The van der Waals surface area contributed by atoms with Gasteiger partial charge >= 0.3 is 10.1 Å². The number of carbonyl (C=O) groups excluding carboxylic acids is 1. The smallest absolute Gasteiger partial charge is 0.357 e. The topological polar surface area (TPSA) is 139 Å². The quantitative estimate of drug-likeness (QED) is 0.192. The Morgan fingerprint density at radius 3 is 1.94 bits per heavy atom. The first-order valence-corrected chi connectivity index (χ1v) is 19.3. The normalized spacial score (nSPS) is 14.5. The van der Waals surface area contributed by atoms with Gasteiger partial charge in [0.1, 0.15) is 11.8 Å². The van der Waals surface area contributed by atoms with Crippen molar-refractivity contribution in [1.82, 2.24) is 19.6 Å². The Labute approximate surface area is 296 Å². The summed E-state index contributed by atoms with van der Waals surface area (Å²) in [5.41, 5.74) is 2.83.